The summed E-state index contributed by atoms with van der Waals surface area (Å²) in [5, 5.41) is 3.46. The molecule has 1 atom stereocenters. The average Bonchev–Trinajstić information content (AvgIpc) is 2.47. The molecular weight excluding hydrogens is 236 g/mol. The predicted molar refractivity (Wildman–Crippen MR) is 78.7 cm³/mol. The van der Waals surface area contributed by atoms with E-state index in [2.05, 4.69) is 35.3 Å². The molecule has 3 rings (SSSR count). The van der Waals surface area contributed by atoms with Crippen molar-refractivity contribution in [3.63, 3.8) is 0 Å². The second-order valence-corrected chi connectivity index (χ2v) is 5.51. The maximum atomic E-state index is 5.82. The summed E-state index contributed by atoms with van der Waals surface area (Å²) in [6.07, 6.45) is 4.02. The van der Waals surface area contributed by atoms with Crippen LogP contribution in [0.3, 0.4) is 0 Å². The Kier molecular flexibility index (Phi) is 4.04. The number of fused-ring (bicyclic) bond motifs is 1. The van der Waals surface area contributed by atoms with Gasteiger partial charge in [0.1, 0.15) is 0 Å². The number of hydrogen-bond acceptors (Lipinski definition) is 3. The highest BCUT2D eigenvalue weighted by Crippen LogP contribution is 2.29. The molecule has 0 aliphatic carbocycles. The first-order valence-corrected chi connectivity index (χ1v) is 7.56. The van der Waals surface area contributed by atoms with Gasteiger partial charge in [-0.3, -0.25) is 0 Å². The van der Waals surface area contributed by atoms with Gasteiger partial charge >= 0.3 is 0 Å². The van der Waals surface area contributed by atoms with Crippen LogP contribution < -0.4 is 10.2 Å². The highest BCUT2D eigenvalue weighted by molar-refractivity contribution is 5.58. The Balaban J connectivity index is 1.81. The molecule has 3 nitrogen and oxygen atoms in total. The van der Waals surface area contributed by atoms with Crippen molar-refractivity contribution in [3.05, 3.63) is 29.3 Å². The normalized spacial score (nSPS) is 23.2. The molecular formula is C16H24N2O. The molecule has 1 fully saturated rings. The second-order valence-electron chi connectivity index (χ2n) is 5.51. The Hall–Kier alpha value is -1.06. The smallest absolute Gasteiger partial charge is 0.0750 e. The molecule has 1 aromatic rings. The number of piperidine rings is 1. The molecule has 0 spiro atoms. The van der Waals surface area contributed by atoms with Crippen molar-refractivity contribution in [1.29, 1.82) is 0 Å². The van der Waals surface area contributed by atoms with E-state index in [9.17, 15) is 0 Å². The van der Waals surface area contributed by atoms with Gasteiger partial charge in [0.2, 0.25) is 0 Å². The number of rotatable bonds is 3. The van der Waals surface area contributed by atoms with Crippen LogP contribution in [-0.4, -0.2) is 32.3 Å². The lowest BCUT2D eigenvalue weighted by Gasteiger charge is -2.36. The van der Waals surface area contributed by atoms with Crippen molar-refractivity contribution in [2.24, 2.45) is 0 Å². The number of nitrogens with zero attached hydrogens (tertiary/aromatic N) is 1. The Bertz CT molecular complexity index is 431. The van der Waals surface area contributed by atoms with Gasteiger partial charge in [-0.1, -0.05) is 12.1 Å². The van der Waals surface area contributed by atoms with Gasteiger partial charge in [-0.15, -0.1) is 0 Å². The summed E-state index contributed by atoms with van der Waals surface area (Å²) in [4.78, 5) is 2.54. The van der Waals surface area contributed by atoms with E-state index >= 15 is 0 Å². The zero-order valence-electron chi connectivity index (χ0n) is 11.8. The van der Waals surface area contributed by atoms with Crippen LogP contribution in [0.1, 0.15) is 30.9 Å². The Morgan fingerprint density at radius 3 is 3.26 bits per heavy atom. The standard InChI is InChI=1S/C16H24N2O/c1-2-19-14-6-4-10-18(12-14)16-7-3-5-13-11-17-9-8-15(13)16/h3,5,7,14,17H,2,4,6,8-12H2,1H3. The van der Waals surface area contributed by atoms with Crippen LogP contribution in [0, 0.1) is 0 Å². The minimum atomic E-state index is 0.413. The van der Waals surface area contributed by atoms with Gasteiger partial charge < -0.3 is 15.0 Å². The Labute approximate surface area is 115 Å². The molecule has 19 heavy (non-hydrogen) atoms. The number of hydrogen-bond donors (Lipinski definition) is 1. The lowest BCUT2D eigenvalue weighted by molar-refractivity contribution is 0.0526. The van der Waals surface area contributed by atoms with Gasteiger partial charge in [0.25, 0.3) is 0 Å². The van der Waals surface area contributed by atoms with Gasteiger partial charge in [0.15, 0.2) is 0 Å². The molecule has 2 aliphatic rings. The topological polar surface area (TPSA) is 24.5 Å². The SMILES string of the molecule is CCOC1CCCN(c2cccc3c2CCNC3)C1. The summed E-state index contributed by atoms with van der Waals surface area (Å²) in [5.41, 5.74) is 4.48. The maximum Gasteiger partial charge on any atom is 0.0750 e. The lowest BCUT2D eigenvalue weighted by Crippen LogP contribution is -2.40. The van der Waals surface area contributed by atoms with E-state index < -0.39 is 0 Å². The first-order valence-electron chi connectivity index (χ1n) is 7.56. The van der Waals surface area contributed by atoms with Crippen LogP contribution in [0.2, 0.25) is 0 Å². The third kappa shape index (κ3) is 2.77. The van der Waals surface area contributed by atoms with E-state index in [4.69, 9.17) is 4.74 Å². The first kappa shape index (κ1) is 12.9. The first-order chi connectivity index (χ1) is 9.38. The Morgan fingerprint density at radius 1 is 1.42 bits per heavy atom. The fraction of sp³-hybridized carbons (Fsp3) is 0.625. The molecule has 1 aromatic carbocycles. The number of nitrogens with one attached hydrogen (secondary N) is 1. The summed E-state index contributed by atoms with van der Waals surface area (Å²) in [6, 6.07) is 6.75. The van der Waals surface area contributed by atoms with E-state index in [1.165, 1.54) is 30.6 Å². The highest BCUT2D eigenvalue weighted by Gasteiger charge is 2.23. The lowest BCUT2D eigenvalue weighted by atomic mass is 9.97. The predicted octanol–water partition coefficient (Wildman–Crippen LogP) is 2.34. The van der Waals surface area contributed by atoms with Crippen LogP contribution in [0.5, 0.6) is 0 Å². The third-order valence-electron chi connectivity index (χ3n) is 4.24. The molecule has 3 heteroatoms. The average molecular weight is 260 g/mol. The molecule has 104 valence electrons. The monoisotopic (exact) mass is 260 g/mol. The van der Waals surface area contributed by atoms with Crippen molar-refractivity contribution in [2.45, 2.75) is 38.8 Å². The fourth-order valence-corrected chi connectivity index (χ4v) is 3.34. The molecule has 0 aromatic heterocycles. The second kappa shape index (κ2) is 5.93. The molecule has 2 aliphatic heterocycles. The van der Waals surface area contributed by atoms with Gasteiger partial charge in [-0.2, -0.15) is 0 Å². The Morgan fingerprint density at radius 2 is 2.37 bits per heavy atom. The van der Waals surface area contributed by atoms with Crippen LogP contribution in [-0.2, 0) is 17.7 Å². The van der Waals surface area contributed by atoms with Gasteiger partial charge in [-0.25, -0.2) is 0 Å². The van der Waals surface area contributed by atoms with Crippen LogP contribution in [0.25, 0.3) is 0 Å². The van der Waals surface area contributed by atoms with Gasteiger partial charge in [0, 0.05) is 31.9 Å². The summed E-state index contributed by atoms with van der Waals surface area (Å²) in [6.45, 7) is 7.27. The van der Waals surface area contributed by atoms with E-state index in [1.54, 1.807) is 5.56 Å². The van der Waals surface area contributed by atoms with Crippen LogP contribution in [0.15, 0.2) is 18.2 Å². The molecule has 1 saturated heterocycles. The van der Waals surface area contributed by atoms with Crippen LogP contribution in [0.4, 0.5) is 5.69 Å². The summed E-state index contributed by atoms with van der Waals surface area (Å²) in [7, 11) is 0. The fourth-order valence-electron chi connectivity index (χ4n) is 3.34. The molecule has 2 heterocycles. The van der Waals surface area contributed by atoms with Crippen molar-refractivity contribution in [2.75, 3.05) is 31.1 Å². The maximum absolute atomic E-state index is 5.82. The van der Waals surface area contributed by atoms with E-state index in [0.717, 1.165) is 32.7 Å². The van der Waals surface area contributed by atoms with Crippen molar-refractivity contribution >= 4 is 5.69 Å². The zero-order chi connectivity index (χ0) is 13.1. The van der Waals surface area contributed by atoms with Crippen molar-refractivity contribution in [3.8, 4) is 0 Å². The minimum Gasteiger partial charge on any atom is -0.377 e. The van der Waals surface area contributed by atoms with E-state index in [1.807, 2.05) is 0 Å². The van der Waals surface area contributed by atoms with Crippen molar-refractivity contribution in [1.82, 2.24) is 5.32 Å². The molecule has 1 unspecified atom stereocenters. The number of benzene rings is 1. The van der Waals surface area contributed by atoms with Crippen molar-refractivity contribution < 1.29 is 4.74 Å². The molecule has 1 N–H and O–H groups in total. The number of ether oxygens (including phenoxy) is 1. The highest BCUT2D eigenvalue weighted by atomic mass is 16.5. The molecule has 0 amide bonds. The largest absolute Gasteiger partial charge is 0.377 e. The summed E-state index contributed by atoms with van der Waals surface area (Å²) < 4.78 is 5.82. The molecule has 0 saturated carbocycles. The van der Waals surface area contributed by atoms with Gasteiger partial charge in [0.05, 0.1) is 6.10 Å². The third-order valence-corrected chi connectivity index (χ3v) is 4.24. The van der Waals surface area contributed by atoms with Gasteiger partial charge in [-0.05, 0) is 49.9 Å². The quantitative estimate of drug-likeness (QED) is 0.903. The molecule has 0 bridgehead atoms. The molecule has 0 radical (unpaired) electrons. The van der Waals surface area contributed by atoms with E-state index in [0.29, 0.717) is 6.10 Å². The number of anilines is 1. The van der Waals surface area contributed by atoms with E-state index in [-0.39, 0.29) is 0 Å². The summed E-state index contributed by atoms with van der Waals surface area (Å²) >= 11 is 0. The summed E-state index contributed by atoms with van der Waals surface area (Å²) in [5.74, 6) is 0. The van der Waals surface area contributed by atoms with Crippen LogP contribution >= 0.6 is 0 Å². The minimum absolute atomic E-state index is 0.413. The zero-order valence-corrected chi connectivity index (χ0v) is 11.8.